The third-order valence-corrected chi connectivity index (χ3v) is 3.50. The van der Waals surface area contributed by atoms with E-state index in [1.807, 2.05) is 47.9 Å². The number of pyridine rings is 1. The summed E-state index contributed by atoms with van der Waals surface area (Å²) in [5.74, 6) is 2.22. The van der Waals surface area contributed by atoms with Crippen molar-refractivity contribution in [3.63, 3.8) is 0 Å². The SMILES string of the molecule is Cc1ccc(-c2nc3cccnc3n2-c2ccccc2O)o1. The Morgan fingerprint density at radius 1 is 1.05 bits per heavy atom. The number of imidazole rings is 1. The van der Waals surface area contributed by atoms with Gasteiger partial charge in [0.25, 0.3) is 0 Å². The Kier molecular flexibility index (Phi) is 2.72. The summed E-state index contributed by atoms with van der Waals surface area (Å²) in [5, 5.41) is 10.2. The summed E-state index contributed by atoms with van der Waals surface area (Å²) in [4.78, 5) is 9.01. The van der Waals surface area contributed by atoms with Crippen molar-refractivity contribution in [2.75, 3.05) is 0 Å². The second-order valence-corrected chi connectivity index (χ2v) is 5.02. The lowest BCUT2D eigenvalue weighted by Gasteiger charge is -2.08. The number of fused-ring (bicyclic) bond motifs is 1. The molecule has 1 N–H and O–H groups in total. The van der Waals surface area contributed by atoms with Gasteiger partial charge >= 0.3 is 0 Å². The Bertz CT molecular complexity index is 969. The highest BCUT2D eigenvalue weighted by Gasteiger charge is 2.19. The average molecular weight is 291 g/mol. The van der Waals surface area contributed by atoms with E-state index in [4.69, 9.17) is 4.42 Å². The number of benzene rings is 1. The molecule has 5 heteroatoms. The molecule has 0 aliphatic carbocycles. The molecule has 4 rings (SSSR count). The van der Waals surface area contributed by atoms with E-state index in [0.29, 0.717) is 22.9 Å². The first-order valence-electron chi connectivity index (χ1n) is 6.93. The highest BCUT2D eigenvalue weighted by Crippen LogP contribution is 2.32. The number of para-hydroxylation sites is 2. The first-order valence-corrected chi connectivity index (χ1v) is 6.93. The second kappa shape index (κ2) is 4.73. The van der Waals surface area contributed by atoms with E-state index in [1.54, 1.807) is 18.3 Å². The molecule has 0 atom stereocenters. The van der Waals surface area contributed by atoms with Crippen molar-refractivity contribution < 1.29 is 9.52 Å². The highest BCUT2D eigenvalue weighted by molar-refractivity contribution is 5.79. The van der Waals surface area contributed by atoms with E-state index >= 15 is 0 Å². The van der Waals surface area contributed by atoms with Crippen LogP contribution in [-0.2, 0) is 0 Å². The first-order chi connectivity index (χ1) is 10.7. The van der Waals surface area contributed by atoms with Gasteiger partial charge in [-0.2, -0.15) is 0 Å². The summed E-state index contributed by atoms with van der Waals surface area (Å²) < 4.78 is 7.52. The minimum atomic E-state index is 0.164. The van der Waals surface area contributed by atoms with Crippen molar-refractivity contribution in [1.82, 2.24) is 14.5 Å². The van der Waals surface area contributed by atoms with Gasteiger partial charge in [-0.3, -0.25) is 4.57 Å². The second-order valence-electron chi connectivity index (χ2n) is 5.02. The number of aryl methyl sites for hydroxylation is 1. The normalized spacial score (nSPS) is 11.1. The van der Waals surface area contributed by atoms with Crippen LogP contribution in [-0.4, -0.2) is 19.6 Å². The van der Waals surface area contributed by atoms with Gasteiger partial charge in [-0.05, 0) is 43.3 Å². The average Bonchev–Trinajstić information content (AvgIpc) is 3.11. The summed E-state index contributed by atoms with van der Waals surface area (Å²) in [6, 6.07) is 14.6. The van der Waals surface area contributed by atoms with Gasteiger partial charge in [0.2, 0.25) is 0 Å². The van der Waals surface area contributed by atoms with Crippen LogP contribution in [0.4, 0.5) is 0 Å². The maximum absolute atomic E-state index is 10.2. The number of aromatic nitrogens is 3. The highest BCUT2D eigenvalue weighted by atomic mass is 16.3. The lowest BCUT2D eigenvalue weighted by atomic mass is 10.2. The summed E-state index contributed by atoms with van der Waals surface area (Å²) in [5.41, 5.74) is 2.04. The maximum Gasteiger partial charge on any atom is 0.183 e. The van der Waals surface area contributed by atoms with Crippen LogP contribution in [0.3, 0.4) is 0 Å². The van der Waals surface area contributed by atoms with Crippen LogP contribution in [0.15, 0.2) is 59.1 Å². The Hall–Kier alpha value is -3.08. The number of phenolic OH excluding ortho intramolecular Hbond substituents is 1. The van der Waals surface area contributed by atoms with Gasteiger partial charge < -0.3 is 9.52 Å². The van der Waals surface area contributed by atoms with Crippen LogP contribution < -0.4 is 0 Å². The minimum Gasteiger partial charge on any atom is -0.506 e. The molecule has 0 spiro atoms. The predicted octanol–water partition coefficient (Wildman–Crippen LogP) is 3.69. The predicted molar refractivity (Wildman–Crippen MR) is 83.0 cm³/mol. The Labute approximate surface area is 126 Å². The largest absolute Gasteiger partial charge is 0.506 e. The molecular weight excluding hydrogens is 278 g/mol. The molecule has 3 aromatic heterocycles. The fraction of sp³-hybridized carbons (Fsp3) is 0.0588. The van der Waals surface area contributed by atoms with E-state index in [0.717, 1.165) is 11.3 Å². The first kappa shape index (κ1) is 12.6. The molecule has 0 saturated heterocycles. The molecule has 5 nitrogen and oxygen atoms in total. The van der Waals surface area contributed by atoms with E-state index in [-0.39, 0.29) is 5.75 Å². The van der Waals surface area contributed by atoms with Crippen LogP contribution in [0, 0.1) is 6.92 Å². The minimum absolute atomic E-state index is 0.164. The van der Waals surface area contributed by atoms with Gasteiger partial charge in [0.15, 0.2) is 17.2 Å². The number of furan rings is 1. The van der Waals surface area contributed by atoms with E-state index in [9.17, 15) is 5.11 Å². The smallest absolute Gasteiger partial charge is 0.183 e. The molecule has 108 valence electrons. The van der Waals surface area contributed by atoms with Crippen molar-refractivity contribution in [3.8, 4) is 23.0 Å². The van der Waals surface area contributed by atoms with Crippen LogP contribution in [0.1, 0.15) is 5.76 Å². The van der Waals surface area contributed by atoms with Crippen molar-refractivity contribution >= 4 is 11.2 Å². The van der Waals surface area contributed by atoms with Gasteiger partial charge in [-0.25, -0.2) is 9.97 Å². The van der Waals surface area contributed by atoms with Crippen molar-refractivity contribution in [1.29, 1.82) is 0 Å². The molecule has 0 unspecified atom stereocenters. The zero-order chi connectivity index (χ0) is 15.1. The molecule has 0 bridgehead atoms. The lowest BCUT2D eigenvalue weighted by Crippen LogP contribution is -1.98. The number of hydrogen-bond donors (Lipinski definition) is 1. The third-order valence-electron chi connectivity index (χ3n) is 3.50. The van der Waals surface area contributed by atoms with Crippen LogP contribution in [0.2, 0.25) is 0 Å². The molecule has 22 heavy (non-hydrogen) atoms. The summed E-state index contributed by atoms with van der Waals surface area (Å²) in [6.45, 7) is 1.88. The van der Waals surface area contributed by atoms with E-state index in [2.05, 4.69) is 9.97 Å². The van der Waals surface area contributed by atoms with Crippen LogP contribution in [0.5, 0.6) is 5.75 Å². The molecule has 4 aromatic rings. The lowest BCUT2D eigenvalue weighted by molar-refractivity contribution is 0.472. The summed E-state index contributed by atoms with van der Waals surface area (Å²) in [6.07, 6.45) is 1.71. The van der Waals surface area contributed by atoms with Crippen molar-refractivity contribution in [2.45, 2.75) is 6.92 Å². The molecule has 0 aliphatic rings. The van der Waals surface area contributed by atoms with Gasteiger partial charge in [0.1, 0.15) is 17.0 Å². The zero-order valence-electron chi connectivity index (χ0n) is 11.9. The van der Waals surface area contributed by atoms with E-state index in [1.165, 1.54) is 0 Å². The van der Waals surface area contributed by atoms with Crippen LogP contribution >= 0.6 is 0 Å². The molecular formula is C17H13N3O2. The Morgan fingerprint density at radius 3 is 2.68 bits per heavy atom. The Balaban J connectivity index is 2.09. The number of nitrogens with zero attached hydrogens (tertiary/aromatic N) is 3. The fourth-order valence-electron chi connectivity index (χ4n) is 2.51. The molecule has 0 fully saturated rings. The third kappa shape index (κ3) is 1.87. The van der Waals surface area contributed by atoms with Gasteiger partial charge in [-0.15, -0.1) is 0 Å². The topological polar surface area (TPSA) is 64.1 Å². The van der Waals surface area contributed by atoms with Crippen molar-refractivity contribution in [3.05, 3.63) is 60.5 Å². The molecule has 0 amide bonds. The van der Waals surface area contributed by atoms with Gasteiger partial charge in [0, 0.05) is 6.20 Å². The molecule has 3 heterocycles. The van der Waals surface area contributed by atoms with E-state index < -0.39 is 0 Å². The number of phenols is 1. The molecule has 0 aliphatic heterocycles. The van der Waals surface area contributed by atoms with Crippen molar-refractivity contribution in [2.24, 2.45) is 0 Å². The van der Waals surface area contributed by atoms with Gasteiger partial charge in [0.05, 0.1) is 5.69 Å². The number of rotatable bonds is 2. The molecule has 1 aromatic carbocycles. The zero-order valence-corrected chi connectivity index (χ0v) is 11.9. The quantitative estimate of drug-likeness (QED) is 0.611. The Morgan fingerprint density at radius 2 is 1.91 bits per heavy atom. The summed E-state index contributed by atoms with van der Waals surface area (Å²) >= 11 is 0. The standard InChI is InChI=1S/C17H13N3O2/c1-11-8-9-15(22-11)17-19-12-5-4-10-18-16(12)20(17)13-6-2-3-7-14(13)21/h2-10,21H,1H3. The summed E-state index contributed by atoms with van der Waals surface area (Å²) in [7, 11) is 0. The van der Waals surface area contributed by atoms with Crippen LogP contribution in [0.25, 0.3) is 28.4 Å². The van der Waals surface area contributed by atoms with Gasteiger partial charge in [-0.1, -0.05) is 12.1 Å². The number of hydrogen-bond acceptors (Lipinski definition) is 4. The fourth-order valence-corrected chi connectivity index (χ4v) is 2.51. The number of aromatic hydroxyl groups is 1. The maximum atomic E-state index is 10.2. The monoisotopic (exact) mass is 291 g/mol. The molecule has 0 radical (unpaired) electrons. The molecule has 0 saturated carbocycles.